The average Bonchev–Trinajstić information content (AvgIpc) is 2.91. The van der Waals surface area contributed by atoms with E-state index in [1.165, 1.54) is 11.1 Å². The van der Waals surface area contributed by atoms with Crippen molar-refractivity contribution in [3.8, 4) is 0 Å². The first kappa shape index (κ1) is 16.2. The van der Waals surface area contributed by atoms with Gasteiger partial charge in [0.25, 0.3) is 5.91 Å². The molecule has 1 aliphatic rings. The standard InChI is InChI=1S/C13H14BrClN2O4/c1-2-17(10-6-21-5-9(10)13(19)20)12(18)8-3-7(14)4-16-11(8)15/h3-4,9-10H,2,5-6H2,1H3,(H,19,20). The molecule has 6 nitrogen and oxygen atoms in total. The number of pyridine rings is 1. The van der Waals surface area contributed by atoms with E-state index in [0.29, 0.717) is 11.0 Å². The number of carboxylic acids is 1. The smallest absolute Gasteiger partial charge is 0.311 e. The number of ether oxygens (including phenoxy) is 1. The summed E-state index contributed by atoms with van der Waals surface area (Å²) in [5, 5.41) is 9.31. The number of aliphatic carboxylic acids is 1. The molecule has 2 unspecified atom stereocenters. The lowest BCUT2D eigenvalue weighted by Crippen LogP contribution is -2.46. The van der Waals surface area contributed by atoms with E-state index in [4.69, 9.17) is 16.3 Å². The molecular weight excluding hydrogens is 364 g/mol. The highest BCUT2D eigenvalue weighted by Crippen LogP contribution is 2.25. The first-order chi connectivity index (χ1) is 9.95. The van der Waals surface area contributed by atoms with Gasteiger partial charge in [-0.3, -0.25) is 9.59 Å². The van der Waals surface area contributed by atoms with Crippen LogP contribution >= 0.6 is 27.5 Å². The fourth-order valence-electron chi connectivity index (χ4n) is 2.34. The summed E-state index contributed by atoms with van der Waals surface area (Å²) in [7, 11) is 0. The quantitative estimate of drug-likeness (QED) is 0.813. The molecule has 1 fully saturated rings. The van der Waals surface area contributed by atoms with Gasteiger partial charge < -0.3 is 14.7 Å². The van der Waals surface area contributed by atoms with Crippen LogP contribution in [0.3, 0.4) is 0 Å². The van der Waals surface area contributed by atoms with Gasteiger partial charge >= 0.3 is 5.97 Å². The number of nitrogens with zero attached hydrogens (tertiary/aromatic N) is 2. The number of rotatable bonds is 4. The largest absolute Gasteiger partial charge is 0.481 e. The minimum atomic E-state index is -0.970. The van der Waals surface area contributed by atoms with Gasteiger partial charge in [-0.2, -0.15) is 0 Å². The summed E-state index contributed by atoms with van der Waals surface area (Å²) in [6, 6.07) is 1.07. The van der Waals surface area contributed by atoms with Gasteiger partial charge in [0.2, 0.25) is 0 Å². The van der Waals surface area contributed by atoms with Crippen LogP contribution in [-0.2, 0) is 9.53 Å². The highest BCUT2D eigenvalue weighted by molar-refractivity contribution is 9.10. The summed E-state index contributed by atoms with van der Waals surface area (Å²) in [5.74, 6) is -2.05. The minimum absolute atomic E-state index is 0.0902. The average molecular weight is 378 g/mol. The van der Waals surface area contributed by atoms with Crippen molar-refractivity contribution in [2.24, 2.45) is 5.92 Å². The summed E-state index contributed by atoms with van der Waals surface area (Å²) in [5.41, 5.74) is 0.240. The third kappa shape index (κ3) is 3.36. The van der Waals surface area contributed by atoms with Crippen LogP contribution in [0.4, 0.5) is 0 Å². The van der Waals surface area contributed by atoms with Crippen LogP contribution in [-0.4, -0.2) is 52.7 Å². The number of amides is 1. The lowest BCUT2D eigenvalue weighted by atomic mass is 10.0. The normalized spacial score (nSPS) is 21.3. The van der Waals surface area contributed by atoms with Crippen molar-refractivity contribution in [2.75, 3.05) is 19.8 Å². The summed E-state index contributed by atoms with van der Waals surface area (Å²) >= 11 is 9.21. The molecular formula is C13H14BrClN2O4. The second-order valence-electron chi connectivity index (χ2n) is 4.63. The summed E-state index contributed by atoms with van der Waals surface area (Å²) in [4.78, 5) is 29.3. The minimum Gasteiger partial charge on any atom is -0.481 e. The Morgan fingerprint density at radius 2 is 2.29 bits per heavy atom. The monoisotopic (exact) mass is 376 g/mol. The molecule has 0 spiro atoms. The molecule has 1 N–H and O–H groups in total. The molecule has 2 heterocycles. The molecule has 1 saturated heterocycles. The molecule has 0 aliphatic carbocycles. The van der Waals surface area contributed by atoms with E-state index in [1.807, 2.05) is 0 Å². The van der Waals surface area contributed by atoms with E-state index in [0.717, 1.165) is 0 Å². The molecule has 1 amide bonds. The van der Waals surface area contributed by atoms with Crippen molar-refractivity contribution in [3.05, 3.63) is 27.5 Å². The number of carboxylic acid groups (broad SMARTS) is 1. The van der Waals surface area contributed by atoms with Crippen LogP contribution in [0.1, 0.15) is 17.3 Å². The van der Waals surface area contributed by atoms with Crippen molar-refractivity contribution < 1.29 is 19.4 Å². The van der Waals surface area contributed by atoms with Gasteiger partial charge in [-0.25, -0.2) is 4.98 Å². The Kier molecular flexibility index (Phi) is 5.18. The summed E-state index contributed by atoms with van der Waals surface area (Å²) < 4.78 is 5.85. The number of hydrogen-bond donors (Lipinski definition) is 1. The molecule has 21 heavy (non-hydrogen) atoms. The fraction of sp³-hybridized carbons (Fsp3) is 0.462. The van der Waals surface area contributed by atoms with E-state index in [9.17, 15) is 14.7 Å². The lowest BCUT2D eigenvalue weighted by Gasteiger charge is -2.29. The van der Waals surface area contributed by atoms with Gasteiger partial charge in [-0.1, -0.05) is 11.6 Å². The molecule has 2 atom stereocenters. The predicted molar refractivity (Wildman–Crippen MR) is 79.4 cm³/mol. The van der Waals surface area contributed by atoms with Crippen molar-refractivity contribution in [1.29, 1.82) is 0 Å². The third-order valence-electron chi connectivity index (χ3n) is 3.41. The molecule has 1 aliphatic heterocycles. The van der Waals surface area contributed by atoms with E-state index in [-0.39, 0.29) is 29.8 Å². The highest BCUT2D eigenvalue weighted by Gasteiger charge is 2.40. The maximum Gasteiger partial charge on any atom is 0.311 e. The highest BCUT2D eigenvalue weighted by atomic mass is 79.9. The van der Waals surface area contributed by atoms with E-state index < -0.39 is 17.9 Å². The molecule has 0 radical (unpaired) electrons. The van der Waals surface area contributed by atoms with Crippen LogP contribution in [0, 0.1) is 5.92 Å². The Bertz CT molecular complexity index is 569. The van der Waals surface area contributed by atoms with Crippen molar-refractivity contribution in [2.45, 2.75) is 13.0 Å². The number of hydrogen-bond acceptors (Lipinski definition) is 4. The van der Waals surface area contributed by atoms with Gasteiger partial charge in [-0.05, 0) is 28.9 Å². The zero-order valence-corrected chi connectivity index (χ0v) is 13.6. The first-order valence-corrected chi connectivity index (χ1v) is 7.55. The first-order valence-electron chi connectivity index (χ1n) is 6.38. The topological polar surface area (TPSA) is 79.7 Å². The second-order valence-corrected chi connectivity index (χ2v) is 5.91. The lowest BCUT2D eigenvalue weighted by molar-refractivity contribution is -0.142. The van der Waals surface area contributed by atoms with Crippen LogP contribution in [0.5, 0.6) is 0 Å². The van der Waals surface area contributed by atoms with Crippen LogP contribution in [0.2, 0.25) is 5.15 Å². The Hall–Kier alpha value is -1.18. The SMILES string of the molecule is CCN(C(=O)c1cc(Br)cnc1Cl)C1COCC1C(=O)O. The molecule has 8 heteroatoms. The Labute approximate surface area is 135 Å². The van der Waals surface area contributed by atoms with Gasteiger partial charge in [0.05, 0.1) is 24.8 Å². The molecule has 0 bridgehead atoms. The fourth-order valence-corrected chi connectivity index (χ4v) is 2.86. The Morgan fingerprint density at radius 3 is 2.90 bits per heavy atom. The summed E-state index contributed by atoms with van der Waals surface area (Å²) in [6.45, 7) is 2.46. The molecule has 0 aromatic carbocycles. The number of carbonyl (C=O) groups excluding carboxylic acids is 1. The molecule has 2 rings (SSSR count). The third-order valence-corrected chi connectivity index (χ3v) is 4.14. The second kappa shape index (κ2) is 6.72. The van der Waals surface area contributed by atoms with Crippen molar-refractivity contribution in [1.82, 2.24) is 9.88 Å². The van der Waals surface area contributed by atoms with Gasteiger partial charge in [0.1, 0.15) is 11.1 Å². The molecule has 1 aromatic rings. The van der Waals surface area contributed by atoms with Crippen LogP contribution in [0.25, 0.3) is 0 Å². The number of halogens is 2. The van der Waals surface area contributed by atoms with E-state index >= 15 is 0 Å². The molecule has 1 aromatic heterocycles. The number of carbonyl (C=O) groups is 2. The van der Waals surface area contributed by atoms with Crippen molar-refractivity contribution in [3.63, 3.8) is 0 Å². The van der Waals surface area contributed by atoms with E-state index in [1.54, 1.807) is 13.0 Å². The molecule has 0 saturated carbocycles. The maximum atomic E-state index is 12.6. The number of aromatic nitrogens is 1. The van der Waals surface area contributed by atoms with Gasteiger partial charge in [0, 0.05) is 17.2 Å². The van der Waals surface area contributed by atoms with Crippen LogP contribution in [0.15, 0.2) is 16.7 Å². The predicted octanol–water partition coefficient (Wildman–Crippen LogP) is 2.06. The van der Waals surface area contributed by atoms with E-state index in [2.05, 4.69) is 20.9 Å². The van der Waals surface area contributed by atoms with Crippen LogP contribution < -0.4 is 0 Å². The Balaban J connectivity index is 2.30. The Morgan fingerprint density at radius 1 is 1.57 bits per heavy atom. The zero-order valence-electron chi connectivity index (χ0n) is 11.3. The van der Waals surface area contributed by atoms with Gasteiger partial charge in [-0.15, -0.1) is 0 Å². The van der Waals surface area contributed by atoms with Gasteiger partial charge in [0.15, 0.2) is 0 Å². The number of likely N-dealkylation sites (N-methyl/N-ethyl adjacent to an activating group) is 1. The summed E-state index contributed by atoms with van der Waals surface area (Å²) in [6.07, 6.45) is 1.49. The van der Waals surface area contributed by atoms with Crippen molar-refractivity contribution >= 4 is 39.4 Å². The molecule has 114 valence electrons. The zero-order chi connectivity index (χ0) is 15.6. The maximum absolute atomic E-state index is 12.6.